The molecule has 0 saturated heterocycles. The van der Waals surface area contributed by atoms with Crippen LogP contribution in [-0.4, -0.2) is 13.0 Å². The molecule has 0 N–H and O–H groups in total. The molecule has 0 aliphatic carbocycles. The first kappa shape index (κ1) is 26.8. The van der Waals surface area contributed by atoms with E-state index in [1.54, 1.807) is 30.3 Å². The van der Waals surface area contributed by atoms with Gasteiger partial charge < -0.3 is 9.29 Å². The van der Waals surface area contributed by atoms with Crippen LogP contribution >= 0.6 is 0 Å². The minimum absolute atomic E-state index is 0. The Morgan fingerprint density at radius 3 is 2.00 bits per heavy atom. The van der Waals surface area contributed by atoms with Gasteiger partial charge in [0.2, 0.25) is 0 Å². The zero-order valence-corrected chi connectivity index (χ0v) is 21.7. The zero-order valence-electron chi connectivity index (χ0n) is 17.7. The molecule has 0 saturated carbocycles. The molecule has 0 aliphatic heterocycles. The molecule has 0 amide bonds. The van der Waals surface area contributed by atoms with Gasteiger partial charge in [0.15, 0.2) is 0 Å². The van der Waals surface area contributed by atoms with Gasteiger partial charge in [-0.05, 0) is 42.7 Å². The van der Waals surface area contributed by atoms with Crippen molar-refractivity contribution in [3.8, 4) is 11.5 Å². The summed E-state index contributed by atoms with van der Waals surface area (Å²) in [6.07, 6.45) is 11.9. The number of rotatable bonds is 13. The predicted octanol–water partition coefficient (Wildman–Crippen LogP) is 3.46. The number of benzene rings is 2. The van der Waals surface area contributed by atoms with Crippen LogP contribution in [0.1, 0.15) is 70.3 Å². The first-order valence-electron chi connectivity index (χ1n) is 10.3. The average molecular weight is 443 g/mol. The van der Waals surface area contributed by atoms with Gasteiger partial charge in [-0.2, -0.15) is 0 Å². The first-order valence-corrected chi connectivity index (χ1v) is 11.7. The Hall–Kier alpha value is -0.214. The summed E-state index contributed by atoms with van der Waals surface area (Å²) in [6.45, 7) is 2.23. The van der Waals surface area contributed by atoms with Crippen LogP contribution in [0.15, 0.2) is 53.4 Å². The van der Waals surface area contributed by atoms with Crippen LogP contribution in [0.3, 0.4) is 0 Å². The molecule has 0 fully saturated rings. The molecule has 0 atom stereocenters. The fourth-order valence-corrected chi connectivity index (χ4v) is 3.89. The Labute approximate surface area is 218 Å². The maximum Gasteiger partial charge on any atom is 1.00 e. The molecule has 0 heterocycles. The molecule has 0 radical (unpaired) electrons. The molecule has 0 bridgehead atoms. The Balaban J connectivity index is 0.00000420. The van der Waals surface area contributed by atoms with Gasteiger partial charge in [-0.1, -0.05) is 82.6 Å². The normalized spacial score (nSPS) is 11.1. The van der Waals surface area contributed by atoms with E-state index in [1.807, 2.05) is 12.1 Å². The van der Waals surface area contributed by atoms with Gasteiger partial charge in [0, 0.05) is 0 Å². The molecule has 0 spiro atoms. The molecule has 2 aromatic carbocycles. The van der Waals surface area contributed by atoms with Crippen LogP contribution in [0, 0.1) is 0 Å². The summed E-state index contributed by atoms with van der Waals surface area (Å²) in [5.41, 5.74) is 0.859. The van der Waals surface area contributed by atoms with Crippen molar-refractivity contribution in [2.24, 2.45) is 0 Å². The van der Waals surface area contributed by atoms with E-state index in [9.17, 15) is 13.0 Å². The molecular weight excluding hydrogens is 411 g/mol. The molecule has 2 rings (SSSR count). The Morgan fingerprint density at radius 1 is 0.828 bits per heavy atom. The first-order chi connectivity index (χ1) is 13.5. The summed E-state index contributed by atoms with van der Waals surface area (Å²) in [7, 11) is -4.60. The number of ether oxygens (including phenoxy) is 1. The van der Waals surface area contributed by atoms with Crippen molar-refractivity contribution in [3.63, 3.8) is 0 Å². The molecule has 4 nitrogen and oxygen atoms in total. The second kappa shape index (κ2) is 14.7. The fraction of sp³-hybridized carbons (Fsp3) is 0.478. The predicted molar refractivity (Wildman–Crippen MR) is 112 cm³/mol. The minimum atomic E-state index is -4.60. The summed E-state index contributed by atoms with van der Waals surface area (Å²) >= 11 is 0. The van der Waals surface area contributed by atoms with Crippen LogP contribution in [0.2, 0.25) is 0 Å². The summed E-state index contributed by atoms with van der Waals surface area (Å²) in [4.78, 5) is -0.287. The Kier molecular flexibility index (Phi) is 13.6. The van der Waals surface area contributed by atoms with Gasteiger partial charge in [0.05, 0.1) is 4.90 Å². The number of para-hydroxylation sites is 1. The molecule has 154 valence electrons. The van der Waals surface area contributed by atoms with E-state index in [-0.39, 0.29) is 62.0 Å². The third-order valence-corrected chi connectivity index (χ3v) is 5.68. The van der Waals surface area contributed by atoms with Crippen molar-refractivity contribution in [2.75, 3.05) is 0 Å². The largest absolute Gasteiger partial charge is 1.00 e. The van der Waals surface area contributed by atoms with Crippen molar-refractivity contribution in [2.45, 2.75) is 76.0 Å². The van der Waals surface area contributed by atoms with Crippen LogP contribution in [0.4, 0.5) is 0 Å². The van der Waals surface area contributed by atoms with Crippen molar-refractivity contribution < 1.29 is 69.1 Å². The van der Waals surface area contributed by atoms with Gasteiger partial charge in [-0.3, -0.25) is 0 Å². The van der Waals surface area contributed by atoms with E-state index in [0.717, 1.165) is 24.8 Å². The molecular formula is C23H31KO4S. The van der Waals surface area contributed by atoms with Gasteiger partial charge in [-0.25, -0.2) is 8.42 Å². The summed E-state index contributed by atoms with van der Waals surface area (Å²) in [5.74, 6) is 0.580. The van der Waals surface area contributed by atoms with Crippen molar-refractivity contribution in [1.29, 1.82) is 0 Å². The fourth-order valence-electron chi connectivity index (χ4n) is 3.24. The average Bonchev–Trinajstić information content (AvgIpc) is 2.67. The zero-order chi connectivity index (χ0) is 20.2. The number of hydrogen-bond donors (Lipinski definition) is 0. The maximum absolute atomic E-state index is 11.7. The third-order valence-electron chi connectivity index (χ3n) is 4.82. The van der Waals surface area contributed by atoms with Crippen LogP contribution < -0.4 is 56.1 Å². The Morgan fingerprint density at radius 2 is 1.41 bits per heavy atom. The van der Waals surface area contributed by atoms with Crippen LogP contribution in [0.25, 0.3) is 0 Å². The quantitative estimate of drug-likeness (QED) is 0.271. The Bertz CT molecular complexity index is 807. The smallest absolute Gasteiger partial charge is 0.744 e. The standard InChI is InChI=1S/C23H32O4S.K/c1-2-3-4-5-6-7-8-9-11-14-20-17-18-22(23(19-20)28(24,25)26)27-21-15-12-10-13-16-21;/h10,12-13,15-19H,2-9,11,14H2,1H3,(H,24,25,26);/q;+1/p-1. The van der Waals surface area contributed by atoms with Gasteiger partial charge in [-0.15, -0.1) is 0 Å². The number of hydrogen-bond acceptors (Lipinski definition) is 4. The van der Waals surface area contributed by atoms with E-state index < -0.39 is 10.1 Å². The van der Waals surface area contributed by atoms with Crippen molar-refractivity contribution >= 4 is 10.1 Å². The number of unbranched alkanes of at least 4 members (excludes halogenated alkanes) is 8. The van der Waals surface area contributed by atoms with E-state index in [2.05, 4.69) is 6.92 Å². The van der Waals surface area contributed by atoms with Crippen molar-refractivity contribution in [1.82, 2.24) is 0 Å². The van der Waals surface area contributed by atoms with E-state index >= 15 is 0 Å². The molecule has 0 unspecified atom stereocenters. The summed E-state index contributed by atoms with van der Waals surface area (Å²) < 4.78 is 40.7. The molecule has 0 aliphatic rings. The number of aryl methyl sites for hydroxylation is 1. The third kappa shape index (κ3) is 10.6. The van der Waals surface area contributed by atoms with Gasteiger partial charge in [0.1, 0.15) is 21.6 Å². The molecule has 6 heteroatoms. The second-order valence-corrected chi connectivity index (χ2v) is 8.58. The summed E-state index contributed by atoms with van der Waals surface area (Å²) in [5, 5.41) is 0. The van der Waals surface area contributed by atoms with Crippen LogP contribution in [0.5, 0.6) is 11.5 Å². The monoisotopic (exact) mass is 442 g/mol. The maximum atomic E-state index is 11.7. The SMILES string of the molecule is CCCCCCCCCCCc1ccc(Oc2ccccc2)c(S(=O)(=O)[O-])c1.[K+]. The second-order valence-electron chi connectivity index (χ2n) is 7.23. The summed E-state index contributed by atoms with van der Waals surface area (Å²) in [6, 6.07) is 13.8. The van der Waals surface area contributed by atoms with E-state index in [4.69, 9.17) is 4.74 Å². The minimum Gasteiger partial charge on any atom is -0.744 e. The molecule has 2 aromatic rings. The molecule has 0 aromatic heterocycles. The van der Waals surface area contributed by atoms with E-state index in [1.165, 1.54) is 51.0 Å². The van der Waals surface area contributed by atoms with Gasteiger partial charge in [0.25, 0.3) is 0 Å². The topological polar surface area (TPSA) is 66.4 Å². The molecule has 29 heavy (non-hydrogen) atoms. The van der Waals surface area contributed by atoms with Crippen molar-refractivity contribution in [3.05, 3.63) is 54.1 Å². The van der Waals surface area contributed by atoms with Crippen LogP contribution in [-0.2, 0) is 16.5 Å². The van der Waals surface area contributed by atoms with Gasteiger partial charge >= 0.3 is 51.4 Å². The van der Waals surface area contributed by atoms with E-state index in [0.29, 0.717) is 5.75 Å².